The van der Waals surface area contributed by atoms with Gasteiger partial charge in [0.1, 0.15) is 18.1 Å². The number of rotatable bonds is 9. The van der Waals surface area contributed by atoms with E-state index in [-0.39, 0.29) is 24.8 Å². The molecule has 0 aliphatic carbocycles. The van der Waals surface area contributed by atoms with Crippen molar-refractivity contribution >= 4 is 29.4 Å². The van der Waals surface area contributed by atoms with E-state index in [1.165, 1.54) is 5.56 Å². The van der Waals surface area contributed by atoms with Gasteiger partial charge in [-0.1, -0.05) is 42.5 Å². The summed E-state index contributed by atoms with van der Waals surface area (Å²) in [7, 11) is 1.61. The lowest BCUT2D eigenvalue weighted by Crippen LogP contribution is -2.30. The second-order valence-corrected chi connectivity index (χ2v) is 8.57. The van der Waals surface area contributed by atoms with Gasteiger partial charge in [-0.3, -0.25) is 9.59 Å². The smallest absolute Gasteiger partial charge is 0.241 e. The minimum Gasteiger partial charge on any atom is -0.497 e. The second kappa shape index (κ2) is 10.4. The standard InChI is InChI=1S/C24H26N4O3S/c1-31-19-9-7-18(8-10-19)13-22(29)26-24-20-15-32-16-21(20)27-28(24)14-23(30)25-12-11-17-5-3-2-4-6-17/h2-10H,11-16H2,1H3,(H,25,30)(H,26,29). The first-order chi connectivity index (χ1) is 15.6. The molecule has 0 saturated heterocycles. The number of nitrogens with one attached hydrogen (secondary N) is 2. The molecule has 1 aliphatic heterocycles. The van der Waals surface area contributed by atoms with Gasteiger partial charge in [-0.15, -0.1) is 0 Å². The average Bonchev–Trinajstić information content (AvgIpc) is 3.37. The molecule has 0 bridgehead atoms. The number of methoxy groups -OCH3 is 1. The van der Waals surface area contributed by atoms with Crippen molar-refractivity contribution in [3.63, 3.8) is 0 Å². The summed E-state index contributed by atoms with van der Waals surface area (Å²) >= 11 is 1.76. The Kier molecular flexibility index (Phi) is 7.11. The van der Waals surface area contributed by atoms with Crippen LogP contribution in [0.3, 0.4) is 0 Å². The van der Waals surface area contributed by atoms with E-state index in [0.29, 0.717) is 12.4 Å². The number of benzene rings is 2. The van der Waals surface area contributed by atoms with Crippen molar-refractivity contribution in [1.82, 2.24) is 15.1 Å². The molecule has 0 fully saturated rings. The largest absolute Gasteiger partial charge is 0.497 e. The Morgan fingerprint density at radius 1 is 1.03 bits per heavy atom. The Morgan fingerprint density at radius 3 is 2.56 bits per heavy atom. The number of hydrogen-bond donors (Lipinski definition) is 2. The lowest BCUT2D eigenvalue weighted by Gasteiger charge is -2.12. The Bertz CT molecular complexity index is 1080. The summed E-state index contributed by atoms with van der Waals surface area (Å²) < 4.78 is 6.78. The van der Waals surface area contributed by atoms with Crippen molar-refractivity contribution in [1.29, 1.82) is 0 Å². The lowest BCUT2D eigenvalue weighted by molar-refractivity contribution is -0.122. The van der Waals surface area contributed by atoms with Crippen LogP contribution in [0.5, 0.6) is 5.75 Å². The fraction of sp³-hybridized carbons (Fsp3) is 0.292. The summed E-state index contributed by atoms with van der Waals surface area (Å²) in [4.78, 5) is 25.2. The normalized spacial score (nSPS) is 12.3. The fourth-order valence-corrected chi connectivity index (χ4v) is 4.64. The van der Waals surface area contributed by atoms with Crippen LogP contribution in [0.2, 0.25) is 0 Å². The lowest BCUT2D eigenvalue weighted by atomic mass is 10.1. The number of carbonyl (C=O) groups excluding carboxylic acids is 2. The predicted molar refractivity (Wildman–Crippen MR) is 126 cm³/mol. The highest BCUT2D eigenvalue weighted by molar-refractivity contribution is 7.98. The van der Waals surface area contributed by atoms with Gasteiger partial charge in [0.25, 0.3) is 0 Å². The van der Waals surface area contributed by atoms with E-state index in [1.54, 1.807) is 23.6 Å². The number of thioether (sulfide) groups is 1. The van der Waals surface area contributed by atoms with E-state index >= 15 is 0 Å². The van der Waals surface area contributed by atoms with E-state index in [9.17, 15) is 9.59 Å². The molecule has 1 aromatic heterocycles. The molecule has 2 amide bonds. The Balaban J connectivity index is 1.37. The third kappa shape index (κ3) is 5.50. The van der Waals surface area contributed by atoms with Crippen LogP contribution in [0.4, 0.5) is 5.82 Å². The topological polar surface area (TPSA) is 85.2 Å². The molecule has 2 aromatic carbocycles. The first-order valence-corrected chi connectivity index (χ1v) is 11.7. The number of aromatic nitrogens is 2. The summed E-state index contributed by atoms with van der Waals surface area (Å²) in [5, 5.41) is 10.5. The highest BCUT2D eigenvalue weighted by Crippen LogP contribution is 2.34. The molecule has 0 radical (unpaired) electrons. The van der Waals surface area contributed by atoms with Crippen molar-refractivity contribution in [2.45, 2.75) is 30.9 Å². The molecule has 2 heterocycles. The first kappa shape index (κ1) is 22.0. The van der Waals surface area contributed by atoms with Crippen LogP contribution in [0.25, 0.3) is 0 Å². The third-order valence-corrected chi connectivity index (χ3v) is 6.24. The Morgan fingerprint density at radius 2 is 1.81 bits per heavy atom. The van der Waals surface area contributed by atoms with Crippen molar-refractivity contribution in [3.05, 3.63) is 77.0 Å². The van der Waals surface area contributed by atoms with Gasteiger partial charge >= 0.3 is 0 Å². The molecule has 0 unspecified atom stereocenters. The number of amides is 2. The van der Waals surface area contributed by atoms with Crippen LogP contribution in [0.1, 0.15) is 22.4 Å². The SMILES string of the molecule is COc1ccc(CC(=O)Nc2c3c(nn2CC(=O)NCCc2ccccc2)CSC3)cc1. The van der Waals surface area contributed by atoms with Crippen molar-refractivity contribution in [3.8, 4) is 5.75 Å². The van der Waals surface area contributed by atoms with Crippen molar-refractivity contribution in [2.24, 2.45) is 0 Å². The number of hydrogen-bond acceptors (Lipinski definition) is 5. The number of ether oxygens (including phenoxy) is 1. The number of anilines is 1. The summed E-state index contributed by atoms with van der Waals surface area (Å²) in [6, 6.07) is 17.4. The molecule has 4 rings (SSSR count). The minimum absolute atomic E-state index is 0.0740. The Hall–Kier alpha value is -3.26. The second-order valence-electron chi connectivity index (χ2n) is 7.58. The maximum atomic E-state index is 12.7. The van der Waals surface area contributed by atoms with Gasteiger partial charge in [-0.05, 0) is 29.7 Å². The Labute approximate surface area is 191 Å². The summed E-state index contributed by atoms with van der Waals surface area (Å²) in [6.45, 7) is 0.628. The number of nitrogens with zero attached hydrogens (tertiary/aromatic N) is 2. The van der Waals surface area contributed by atoms with Gasteiger partial charge in [0.05, 0.1) is 19.2 Å². The highest BCUT2D eigenvalue weighted by atomic mass is 32.2. The summed E-state index contributed by atoms with van der Waals surface area (Å²) in [5.74, 6) is 2.69. The quantitative estimate of drug-likeness (QED) is 0.523. The van der Waals surface area contributed by atoms with Gasteiger partial charge in [0, 0.05) is 23.6 Å². The zero-order valence-corrected chi connectivity index (χ0v) is 18.8. The highest BCUT2D eigenvalue weighted by Gasteiger charge is 2.25. The molecule has 0 spiro atoms. The molecule has 1 aliphatic rings. The molecule has 0 saturated carbocycles. The third-order valence-electron chi connectivity index (χ3n) is 5.27. The van der Waals surface area contributed by atoms with Gasteiger partial charge in [-0.2, -0.15) is 16.9 Å². The van der Waals surface area contributed by atoms with E-state index in [4.69, 9.17) is 4.74 Å². The van der Waals surface area contributed by atoms with Crippen LogP contribution in [-0.2, 0) is 40.5 Å². The molecule has 32 heavy (non-hydrogen) atoms. The van der Waals surface area contributed by atoms with Crippen molar-refractivity contribution in [2.75, 3.05) is 19.0 Å². The molecular formula is C24H26N4O3S. The molecule has 3 aromatic rings. The number of carbonyl (C=O) groups is 2. The van der Waals surface area contributed by atoms with Gasteiger partial charge in [0.2, 0.25) is 11.8 Å². The van der Waals surface area contributed by atoms with E-state index < -0.39 is 0 Å². The maximum Gasteiger partial charge on any atom is 0.241 e. The summed E-state index contributed by atoms with van der Waals surface area (Å²) in [6.07, 6.45) is 1.00. The molecular weight excluding hydrogens is 424 g/mol. The van der Waals surface area contributed by atoms with E-state index in [1.807, 2.05) is 54.6 Å². The average molecular weight is 451 g/mol. The van der Waals surface area contributed by atoms with Crippen LogP contribution >= 0.6 is 11.8 Å². The van der Waals surface area contributed by atoms with Gasteiger partial charge in [-0.25, -0.2) is 4.68 Å². The molecule has 7 nitrogen and oxygen atoms in total. The predicted octanol–water partition coefficient (Wildman–Crippen LogP) is 3.18. The van der Waals surface area contributed by atoms with Gasteiger partial charge < -0.3 is 15.4 Å². The number of fused-ring (bicyclic) bond motifs is 1. The van der Waals surface area contributed by atoms with Crippen LogP contribution in [0.15, 0.2) is 54.6 Å². The summed E-state index contributed by atoms with van der Waals surface area (Å²) in [5.41, 5.74) is 4.01. The van der Waals surface area contributed by atoms with E-state index in [0.717, 1.165) is 40.5 Å². The maximum absolute atomic E-state index is 12.7. The minimum atomic E-state index is -0.138. The monoisotopic (exact) mass is 450 g/mol. The van der Waals surface area contributed by atoms with Crippen LogP contribution in [0, 0.1) is 0 Å². The van der Waals surface area contributed by atoms with Crippen molar-refractivity contribution < 1.29 is 14.3 Å². The van der Waals surface area contributed by atoms with Gasteiger partial charge in [0.15, 0.2) is 0 Å². The fourth-order valence-electron chi connectivity index (χ4n) is 3.61. The van der Waals surface area contributed by atoms with Crippen LogP contribution in [-0.4, -0.2) is 35.2 Å². The van der Waals surface area contributed by atoms with Crippen LogP contribution < -0.4 is 15.4 Å². The zero-order valence-electron chi connectivity index (χ0n) is 18.0. The molecule has 0 atom stereocenters. The molecule has 166 valence electrons. The molecule has 8 heteroatoms. The molecule has 2 N–H and O–H groups in total. The van der Waals surface area contributed by atoms with E-state index in [2.05, 4.69) is 15.7 Å². The zero-order chi connectivity index (χ0) is 22.3. The first-order valence-electron chi connectivity index (χ1n) is 10.5.